The minimum atomic E-state index is -4.88. The Morgan fingerprint density at radius 3 is 2.21 bits per heavy atom. The van der Waals surface area contributed by atoms with Crippen molar-refractivity contribution in [3.05, 3.63) is 94.0 Å². The van der Waals surface area contributed by atoms with Crippen molar-refractivity contribution in [3.63, 3.8) is 0 Å². The van der Waals surface area contributed by atoms with Crippen molar-refractivity contribution >= 4 is 50.7 Å². The normalized spacial score (nSPS) is 14.7. The smallest absolute Gasteiger partial charge is 0.352 e. The number of amides is 2. The summed E-state index contributed by atoms with van der Waals surface area (Å²) in [6.45, 7) is 0.561. The molecule has 1 fully saturated rings. The zero-order chi connectivity index (χ0) is 31.4. The van der Waals surface area contributed by atoms with E-state index >= 15 is 0 Å². The van der Waals surface area contributed by atoms with Crippen LogP contribution in [0.15, 0.2) is 77.7 Å². The van der Waals surface area contributed by atoms with Crippen molar-refractivity contribution in [2.45, 2.75) is 62.3 Å². The van der Waals surface area contributed by atoms with E-state index in [-0.39, 0.29) is 17.5 Å². The Labute approximate surface area is 258 Å². The van der Waals surface area contributed by atoms with Gasteiger partial charge < -0.3 is 10.2 Å². The molecule has 43 heavy (non-hydrogen) atoms. The average molecular weight is 657 g/mol. The molecular weight excluding hydrogens is 626 g/mol. The van der Waals surface area contributed by atoms with Gasteiger partial charge in [-0.25, -0.2) is 8.42 Å². The Bertz CT molecular complexity index is 1550. The number of hydrogen-bond acceptors (Lipinski definition) is 4. The van der Waals surface area contributed by atoms with E-state index in [0.29, 0.717) is 21.0 Å². The zero-order valence-corrected chi connectivity index (χ0v) is 25.5. The largest absolute Gasteiger partial charge is 0.417 e. The van der Waals surface area contributed by atoms with Crippen molar-refractivity contribution in [1.82, 2.24) is 10.2 Å². The van der Waals surface area contributed by atoms with Crippen LogP contribution in [0.3, 0.4) is 0 Å². The number of anilines is 1. The van der Waals surface area contributed by atoms with Gasteiger partial charge in [-0.1, -0.05) is 66.4 Å². The average Bonchev–Trinajstić information content (AvgIpc) is 3.48. The molecule has 0 aromatic heterocycles. The molecular formula is C30H30Cl2F3N3O4S. The Morgan fingerprint density at radius 1 is 0.977 bits per heavy atom. The topological polar surface area (TPSA) is 86.8 Å². The maximum absolute atomic E-state index is 14.0. The molecule has 0 aliphatic heterocycles. The van der Waals surface area contributed by atoms with E-state index in [2.05, 4.69) is 5.32 Å². The highest BCUT2D eigenvalue weighted by Crippen LogP contribution is 2.38. The SMILES string of the molecule is C[C@H](C(=O)NC1CCCC1)N(Cc1ccc(Cl)cc1)C(=O)CN(c1ccc(Cl)c(C(F)(F)F)c1)S(=O)(=O)c1ccccc1. The van der Waals surface area contributed by atoms with Gasteiger partial charge in [0.05, 0.1) is 21.2 Å². The molecule has 1 aliphatic rings. The van der Waals surface area contributed by atoms with E-state index in [1.54, 1.807) is 30.3 Å². The molecule has 4 rings (SSSR count). The maximum Gasteiger partial charge on any atom is 0.417 e. The molecule has 2 amide bonds. The molecule has 7 nitrogen and oxygen atoms in total. The monoisotopic (exact) mass is 655 g/mol. The summed E-state index contributed by atoms with van der Waals surface area (Å²) in [5.41, 5.74) is -1.06. The lowest BCUT2D eigenvalue weighted by Crippen LogP contribution is -2.52. The van der Waals surface area contributed by atoms with Gasteiger partial charge in [-0.15, -0.1) is 0 Å². The molecule has 0 heterocycles. The number of hydrogen-bond donors (Lipinski definition) is 1. The molecule has 1 saturated carbocycles. The standard InChI is InChI=1S/C30H30Cl2F3N3O4S/c1-20(29(40)36-23-7-5-6-8-23)37(18-21-11-13-22(31)14-12-21)28(39)19-38(43(41,42)25-9-3-2-4-10-25)24-15-16-27(32)26(17-24)30(33,34)35/h2-4,9-17,20,23H,5-8,18-19H2,1H3,(H,36,40)/t20-/m1/s1. The van der Waals surface area contributed by atoms with E-state index < -0.39 is 56.9 Å². The van der Waals surface area contributed by atoms with Gasteiger partial charge >= 0.3 is 6.18 Å². The summed E-state index contributed by atoms with van der Waals surface area (Å²) in [5.74, 6) is -1.22. The molecule has 0 radical (unpaired) electrons. The highest BCUT2D eigenvalue weighted by molar-refractivity contribution is 7.92. The molecule has 1 aliphatic carbocycles. The summed E-state index contributed by atoms with van der Waals surface area (Å²) in [5, 5.41) is 2.79. The molecule has 0 bridgehead atoms. The van der Waals surface area contributed by atoms with Gasteiger partial charge in [0.25, 0.3) is 10.0 Å². The van der Waals surface area contributed by atoms with Crippen LogP contribution in [0.5, 0.6) is 0 Å². The van der Waals surface area contributed by atoms with E-state index in [9.17, 15) is 31.2 Å². The van der Waals surface area contributed by atoms with Crippen molar-refractivity contribution in [2.75, 3.05) is 10.8 Å². The van der Waals surface area contributed by atoms with Crippen LogP contribution in [-0.2, 0) is 32.3 Å². The number of benzene rings is 3. The summed E-state index contributed by atoms with van der Waals surface area (Å²) >= 11 is 11.8. The minimum absolute atomic E-state index is 0.0350. The number of nitrogens with zero attached hydrogens (tertiary/aromatic N) is 2. The third-order valence-electron chi connectivity index (χ3n) is 7.29. The number of sulfonamides is 1. The first-order valence-corrected chi connectivity index (χ1v) is 15.8. The van der Waals surface area contributed by atoms with Crippen LogP contribution < -0.4 is 9.62 Å². The first kappa shape index (κ1) is 32.6. The van der Waals surface area contributed by atoms with Crippen LogP contribution in [0.25, 0.3) is 0 Å². The number of halogens is 5. The van der Waals surface area contributed by atoms with Gasteiger partial charge in [0, 0.05) is 17.6 Å². The number of nitrogens with one attached hydrogen (secondary N) is 1. The molecule has 1 N–H and O–H groups in total. The minimum Gasteiger partial charge on any atom is -0.352 e. The molecule has 0 spiro atoms. The van der Waals surface area contributed by atoms with Crippen LogP contribution in [0, 0.1) is 0 Å². The third-order valence-corrected chi connectivity index (χ3v) is 9.66. The van der Waals surface area contributed by atoms with Crippen molar-refractivity contribution in [2.24, 2.45) is 0 Å². The van der Waals surface area contributed by atoms with E-state index in [0.717, 1.165) is 37.8 Å². The second kappa shape index (κ2) is 13.6. The Hall–Kier alpha value is -3.28. The van der Waals surface area contributed by atoms with Gasteiger partial charge in [-0.2, -0.15) is 13.2 Å². The van der Waals surface area contributed by atoms with E-state index in [1.807, 2.05) is 0 Å². The van der Waals surface area contributed by atoms with Crippen LogP contribution in [0.4, 0.5) is 18.9 Å². The van der Waals surface area contributed by atoms with Crippen molar-refractivity contribution in [3.8, 4) is 0 Å². The predicted octanol–water partition coefficient (Wildman–Crippen LogP) is 6.68. The molecule has 0 unspecified atom stereocenters. The Kier molecular flexibility index (Phi) is 10.3. The second-order valence-corrected chi connectivity index (χ2v) is 13.0. The summed E-state index contributed by atoms with van der Waals surface area (Å²) in [6, 6.07) is 15.2. The van der Waals surface area contributed by atoms with Crippen molar-refractivity contribution < 1.29 is 31.2 Å². The van der Waals surface area contributed by atoms with E-state index in [4.69, 9.17) is 23.2 Å². The molecule has 0 saturated heterocycles. The van der Waals surface area contributed by atoms with Gasteiger partial charge in [0.1, 0.15) is 12.6 Å². The zero-order valence-electron chi connectivity index (χ0n) is 23.2. The first-order valence-electron chi connectivity index (χ1n) is 13.6. The highest BCUT2D eigenvalue weighted by Gasteiger charge is 2.37. The van der Waals surface area contributed by atoms with Crippen molar-refractivity contribution in [1.29, 1.82) is 0 Å². The number of rotatable bonds is 10. The fourth-order valence-corrected chi connectivity index (χ4v) is 6.67. The van der Waals surface area contributed by atoms with Gasteiger partial charge in [0.2, 0.25) is 11.8 Å². The maximum atomic E-state index is 14.0. The third kappa shape index (κ3) is 8.01. The van der Waals surface area contributed by atoms with Gasteiger partial charge in [0.15, 0.2) is 0 Å². The number of carbonyl (C=O) groups is 2. The van der Waals surface area contributed by atoms with Gasteiger partial charge in [-0.3, -0.25) is 13.9 Å². The summed E-state index contributed by atoms with van der Waals surface area (Å²) < 4.78 is 69.5. The molecule has 230 valence electrons. The van der Waals surface area contributed by atoms with Crippen LogP contribution in [0.1, 0.15) is 43.7 Å². The molecule has 1 atom stereocenters. The molecule has 13 heteroatoms. The fourth-order valence-electron chi connectivity index (χ4n) is 4.90. The Balaban J connectivity index is 1.74. The van der Waals surface area contributed by atoms with E-state index in [1.165, 1.54) is 36.1 Å². The highest BCUT2D eigenvalue weighted by atomic mass is 35.5. The first-order chi connectivity index (χ1) is 20.3. The summed E-state index contributed by atoms with van der Waals surface area (Å²) in [4.78, 5) is 28.2. The summed E-state index contributed by atoms with van der Waals surface area (Å²) in [7, 11) is -4.54. The van der Waals surface area contributed by atoms with Crippen LogP contribution in [0.2, 0.25) is 10.0 Å². The van der Waals surface area contributed by atoms with Gasteiger partial charge in [-0.05, 0) is 67.8 Å². The summed E-state index contributed by atoms with van der Waals surface area (Å²) in [6.07, 6.45) is -1.32. The molecule has 3 aromatic rings. The number of carbonyl (C=O) groups excluding carboxylic acids is 2. The fraction of sp³-hybridized carbons (Fsp3) is 0.333. The predicted molar refractivity (Wildman–Crippen MR) is 159 cm³/mol. The van der Waals surface area contributed by atoms with Crippen LogP contribution >= 0.6 is 23.2 Å². The Morgan fingerprint density at radius 2 is 1.60 bits per heavy atom. The lowest BCUT2D eigenvalue weighted by Gasteiger charge is -2.32. The van der Waals surface area contributed by atoms with Crippen LogP contribution in [-0.4, -0.2) is 43.8 Å². The lowest BCUT2D eigenvalue weighted by molar-refractivity contribution is -0.139. The quantitative estimate of drug-likeness (QED) is 0.264. The lowest BCUT2D eigenvalue weighted by atomic mass is 10.1. The molecule has 3 aromatic carbocycles. The second-order valence-electron chi connectivity index (χ2n) is 10.3. The number of alkyl halides is 3.